The van der Waals surface area contributed by atoms with Crippen LogP contribution in [-0.4, -0.2) is 54.3 Å². The molecule has 72 valence electrons. The summed E-state index contributed by atoms with van der Waals surface area (Å²) in [6, 6.07) is 0. The highest BCUT2D eigenvalue weighted by atomic mass is 32.1. The third-order valence-electron chi connectivity index (χ3n) is 2.75. The molecule has 0 spiro atoms. The van der Waals surface area contributed by atoms with Crippen LogP contribution in [0.2, 0.25) is 0 Å². The van der Waals surface area contributed by atoms with Crippen LogP contribution in [0.5, 0.6) is 0 Å². The number of piperazine rings is 1. The molecule has 0 atom stereocenters. The molecule has 1 saturated heterocycles. The summed E-state index contributed by atoms with van der Waals surface area (Å²) in [6.07, 6.45) is 0. The van der Waals surface area contributed by atoms with Gasteiger partial charge in [0.15, 0.2) is 0 Å². The quantitative estimate of drug-likeness (QED) is 0.644. The first-order valence-corrected chi connectivity index (χ1v) is 5.24. The molecule has 0 aromatic carbocycles. The van der Waals surface area contributed by atoms with Crippen LogP contribution in [0.3, 0.4) is 0 Å². The fourth-order valence-electron chi connectivity index (χ4n) is 1.51. The van der Waals surface area contributed by atoms with Crippen molar-refractivity contribution < 1.29 is 0 Å². The monoisotopic (exact) mass is 188 g/mol. The minimum Gasteiger partial charge on any atom is -0.304 e. The zero-order chi connectivity index (χ0) is 9.19. The lowest BCUT2D eigenvalue weighted by molar-refractivity contribution is 0.0765. The van der Waals surface area contributed by atoms with E-state index in [1.54, 1.807) is 0 Å². The van der Waals surface area contributed by atoms with Crippen molar-refractivity contribution in [3.8, 4) is 0 Å². The standard InChI is InChI=1S/C9H20N2S/c1-9(2,8-12)11-6-4-10(3)5-7-11/h12H,4-8H2,1-3H3. The van der Waals surface area contributed by atoms with E-state index in [0.29, 0.717) is 0 Å². The first-order valence-electron chi connectivity index (χ1n) is 4.61. The highest BCUT2D eigenvalue weighted by molar-refractivity contribution is 7.80. The second kappa shape index (κ2) is 3.99. The number of likely N-dealkylation sites (N-methyl/N-ethyl adjacent to an activating group) is 1. The molecule has 1 aliphatic heterocycles. The van der Waals surface area contributed by atoms with E-state index < -0.39 is 0 Å². The minimum absolute atomic E-state index is 0.268. The van der Waals surface area contributed by atoms with Gasteiger partial charge in [0.25, 0.3) is 0 Å². The predicted molar refractivity (Wildman–Crippen MR) is 57.0 cm³/mol. The summed E-state index contributed by atoms with van der Waals surface area (Å²) < 4.78 is 0. The van der Waals surface area contributed by atoms with Crippen LogP contribution in [0.1, 0.15) is 13.8 Å². The maximum absolute atomic E-state index is 4.38. The second-order valence-corrected chi connectivity index (χ2v) is 4.58. The van der Waals surface area contributed by atoms with Crippen molar-refractivity contribution >= 4 is 12.6 Å². The Hall–Kier alpha value is 0.270. The Labute approximate surface area is 81.3 Å². The van der Waals surface area contributed by atoms with E-state index >= 15 is 0 Å². The molecular weight excluding hydrogens is 168 g/mol. The molecule has 2 nitrogen and oxygen atoms in total. The van der Waals surface area contributed by atoms with Crippen molar-refractivity contribution in [1.82, 2.24) is 9.80 Å². The molecule has 0 aromatic rings. The molecule has 0 saturated carbocycles. The largest absolute Gasteiger partial charge is 0.304 e. The van der Waals surface area contributed by atoms with Crippen LogP contribution in [0.25, 0.3) is 0 Å². The average molecular weight is 188 g/mol. The maximum atomic E-state index is 4.38. The molecule has 0 unspecified atom stereocenters. The number of nitrogens with zero attached hydrogens (tertiary/aromatic N) is 2. The Bertz CT molecular complexity index is 139. The number of hydrogen-bond acceptors (Lipinski definition) is 3. The van der Waals surface area contributed by atoms with Gasteiger partial charge in [-0.05, 0) is 20.9 Å². The molecule has 12 heavy (non-hydrogen) atoms. The van der Waals surface area contributed by atoms with Gasteiger partial charge in [-0.15, -0.1) is 0 Å². The summed E-state index contributed by atoms with van der Waals surface area (Å²) in [4.78, 5) is 4.91. The van der Waals surface area contributed by atoms with E-state index in [1.807, 2.05) is 0 Å². The molecule has 3 heteroatoms. The van der Waals surface area contributed by atoms with Gasteiger partial charge >= 0.3 is 0 Å². The minimum atomic E-state index is 0.268. The smallest absolute Gasteiger partial charge is 0.0242 e. The zero-order valence-electron chi connectivity index (χ0n) is 8.38. The van der Waals surface area contributed by atoms with Gasteiger partial charge in [0.1, 0.15) is 0 Å². The lowest BCUT2D eigenvalue weighted by atomic mass is 10.0. The third-order valence-corrected chi connectivity index (χ3v) is 3.52. The Morgan fingerprint density at radius 1 is 1.17 bits per heavy atom. The molecule has 0 N–H and O–H groups in total. The Morgan fingerprint density at radius 2 is 1.67 bits per heavy atom. The third kappa shape index (κ3) is 2.38. The molecule has 1 rings (SSSR count). The van der Waals surface area contributed by atoms with Crippen molar-refractivity contribution in [2.45, 2.75) is 19.4 Å². The van der Waals surface area contributed by atoms with Crippen LogP contribution in [0.4, 0.5) is 0 Å². The SMILES string of the molecule is CN1CCN(C(C)(C)CS)CC1. The first kappa shape index (κ1) is 10.4. The van der Waals surface area contributed by atoms with Crippen molar-refractivity contribution in [2.75, 3.05) is 39.0 Å². The van der Waals surface area contributed by atoms with E-state index in [9.17, 15) is 0 Å². The lowest BCUT2D eigenvalue weighted by Crippen LogP contribution is -2.54. The van der Waals surface area contributed by atoms with Gasteiger partial charge in [0.05, 0.1) is 0 Å². The summed E-state index contributed by atoms with van der Waals surface area (Å²) >= 11 is 4.38. The topological polar surface area (TPSA) is 6.48 Å². The van der Waals surface area contributed by atoms with Crippen molar-refractivity contribution in [1.29, 1.82) is 0 Å². The fraction of sp³-hybridized carbons (Fsp3) is 1.00. The van der Waals surface area contributed by atoms with Gasteiger partial charge in [0.2, 0.25) is 0 Å². The average Bonchev–Trinajstić information content (AvgIpc) is 2.05. The molecule has 1 heterocycles. The molecule has 0 aliphatic carbocycles. The Balaban J connectivity index is 2.44. The Kier molecular flexibility index (Phi) is 3.44. The van der Waals surface area contributed by atoms with Gasteiger partial charge in [0, 0.05) is 37.5 Å². The van der Waals surface area contributed by atoms with Gasteiger partial charge in [-0.2, -0.15) is 12.6 Å². The number of rotatable bonds is 2. The molecular formula is C9H20N2S. The summed E-state index contributed by atoms with van der Waals surface area (Å²) in [5.74, 6) is 0.941. The number of hydrogen-bond donors (Lipinski definition) is 1. The number of thiol groups is 1. The summed E-state index contributed by atoms with van der Waals surface area (Å²) in [5.41, 5.74) is 0.268. The molecule has 0 aromatic heterocycles. The van der Waals surface area contributed by atoms with E-state index in [2.05, 4.69) is 43.3 Å². The maximum Gasteiger partial charge on any atom is 0.0242 e. The van der Waals surface area contributed by atoms with Crippen molar-refractivity contribution in [2.24, 2.45) is 0 Å². The van der Waals surface area contributed by atoms with E-state index in [4.69, 9.17) is 0 Å². The highest BCUT2D eigenvalue weighted by Crippen LogP contribution is 2.17. The van der Waals surface area contributed by atoms with Crippen LogP contribution >= 0.6 is 12.6 Å². The van der Waals surface area contributed by atoms with Crippen LogP contribution < -0.4 is 0 Å². The first-order chi connectivity index (χ1) is 5.56. The van der Waals surface area contributed by atoms with Gasteiger partial charge in [-0.3, -0.25) is 4.90 Å². The molecule has 0 amide bonds. The molecule has 0 bridgehead atoms. The summed E-state index contributed by atoms with van der Waals surface area (Å²) in [5, 5.41) is 0. The summed E-state index contributed by atoms with van der Waals surface area (Å²) in [7, 11) is 2.19. The van der Waals surface area contributed by atoms with Gasteiger partial charge < -0.3 is 4.90 Å². The normalized spacial score (nSPS) is 23.0. The van der Waals surface area contributed by atoms with Gasteiger partial charge in [-0.25, -0.2) is 0 Å². The van der Waals surface area contributed by atoms with Crippen molar-refractivity contribution in [3.05, 3.63) is 0 Å². The predicted octanol–water partition coefficient (Wildman–Crippen LogP) is 0.942. The van der Waals surface area contributed by atoms with Crippen LogP contribution in [0.15, 0.2) is 0 Å². The van der Waals surface area contributed by atoms with Crippen LogP contribution in [-0.2, 0) is 0 Å². The van der Waals surface area contributed by atoms with E-state index in [0.717, 1.165) is 5.75 Å². The fourth-order valence-corrected chi connectivity index (χ4v) is 1.71. The molecule has 1 aliphatic rings. The van der Waals surface area contributed by atoms with Gasteiger partial charge in [-0.1, -0.05) is 0 Å². The van der Waals surface area contributed by atoms with Crippen molar-refractivity contribution in [3.63, 3.8) is 0 Å². The zero-order valence-corrected chi connectivity index (χ0v) is 9.27. The van der Waals surface area contributed by atoms with E-state index in [-0.39, 0.29) is 5.54 Å². The molecule has 1 fully saturated rings. The Morgan fingerprint density at radius 3 is 2.08 bits per heavy atom. The highest BCUT2D eigenvalue weighted by Gasteiger charge is 2.27. The van der Waals surface area contributed by atoms with E-state index in [1.165, 1.54) is 26.2 Å². The molecule has 0 radical (unpaired) electrons. The summed E-state index contributed by atoms with van der Waals surface area (Å²) in [6.45, 7) is 9.29. The lowest BCUT2D eigenvalue weighted by Gasteiger charge is -2.42. The van der Waals surface area contributed by atoms with Crippen LogP contribution in [0, 0.1) is 0 Å². The second-order valence-electron chi connectivity index (χ2n) is 4.26.